The Bertz CT molecular complexity index is 828. The van der Waals surface area contributed by atoms with E-state index >= 15 is 0 Å². The van der Waals surface area contributed by atoms with Gasteiger partial charge in [0.2, 0.25) is 0 Å². The first-order valence-electron chi connectivity index (χ1n) is 11.0. The van der Waals surface area contributed by atoms with Crippen LogP contribution in [0.2, 0.25) is 0 Å². The second-order valence-corrected chi connectivity index (χ2v) is 9.56. The number of halogens is 1. The molecule has 4 rings (SSSR count). The summed E-state index contributed by atoms with van der Waals surface area (Å²) in [5.41, 5.74) is 0.490. The molecule has 1 spiro atoms. The van der Waals surface area contributed by atoms with Crippen LogP contribution in [0.25, 0.3) is 0 Å². The predicted molar refractivity (Wildman–Crippen MR) is 113 cm³/mol. The van der Waals surface area contributed by atoms with Crippen LogP contribution in [0, 0.1) is 11.7 Å². The predicted octanol–water partition coefficient (Wildman–Crippen LogP) is 0.634. The van der Waals surface area contributed by atoms with E-state index in [9.17, 15) is 14.0 Å². The van der Waals surface area contributed by atoms with Crippen molar-refractivity contribution in [3.05, 3.63) is 35.6 Å². The largest absolute Gasteiger partial charge is 1.00 e. The molecular formula is C23H33FN3NaO3. The van der Waals surface area contributed by atoms with Crippen LogP contribution in [0.15, 0.2) is 24.3 Å². The summed E-state index contributed by atoms with van der Waals surface area (Å²) >= 11 is 0. The van der Waals surface area contributed by atoms with Crippen LogP contribution in [-0.4, -0.2) is 71.1 Å². The van der Waals surface area contributed by atoms with Gasteiger partial charge in [0.05, 0.1) is 12.0 Å². The van der Waals surface area contributed by atoms with Gasteiger partial charge in [-0.05, 0) is 76.2 Å². The van der Waals surface area contributed by atoms with E-state index in [1.54, 1.807) is 17.0 Å². The minimum Gasteiger partial charge on any atom is -1.00 e. The van der Waals surface area contributed by atoms with E-state index in [0.29, 0.717) is 12.5 Å². The summed E-state index contributed by atoms with van der Waals surface area (Å²) in [6, 6.07) is 6.88. The number of nitrogens with zero attached hydrogens (tertiary/aromatic N) is 3. The van der Waals surface area contributed by atoms with Gasteiger partial charge in [0.25, 0.3) is 0 Å². The number of carboxylic acids is 1. The van der Waals surface area contributed by atoms with Gasteiger partial charge in [0.1, 0.15) is 5.82 Å². The molecule has 8 heteroatoms. The molecule has 1 aliphatic heterocycles. The smallest absolute Gasteiger partial charge is 1.00 e. The molecule has 2 amide bonds. The van der Waals surface area contributed by atoms with Crippen LogP contribution in [0.4, 0.5) is 9.18 Å². The summed E-state index contributed by atoms with van der Waals surface area (Å²) in [5.74, 6) is -0.520. The Kier molecular flexibility index (Phi) is 7.41. The second kappa shape index (κ2) is 9.38. The van der Waals surface area contributed by atoms with E-state index < -0.39 is 5.97 Å². The summed E-state index contributed by atoms with van der Waals surface area (Å²) in [6.07, 6.45) is 5.66. The van der Waals surface area contributed by atoms with Gasteiger partial charge < -0.3 is 16.3 Å². The molecule has 2 saturated carbocycles. The fraction of sp³-hybridized carbons (Fsp3) is 0.652. The average Bonchev–Trinajstić information content (AvgIpc) is 3.49. The Balaban J connectivity index is 0.00000181. The monoisotopic (exact) mass is 441 g/mol. The van der Waals surface area contributed by atoms with Gasteiger partial charge in [-0.2, -0.15) is 0 Å². The zero-order valence-electron chi connectivity index (χ0n) is 19.9. The molecule has 0 bridgehead atoms. The quantitative estimate of drug-likeness (QED) is 0.631. The average molecular weight is 442 g/mol. The summed E-state index contributed by atoms with van der Waals surface area (Å²) in [5, 5.41) is 9.07. The number of aliphatic carboxylic acids is 1. The maximum atomic E-state index is 14.0. The summed E-state index contributed by atoms with van der Waals surface area (Å²) in [4.78, 5) is 30.2. The fourth-order valence-corrected chi connectivity index (χ4v) is 5.45. The van der Waals surface area contributed by atoms with Crippen LogP contribution in [0.1, 0.15) is 51.9 Å². The van der Waals surface area contributed by atoms with Crippen molar-refractivity contribution in [3.63, 3.8) is 0 Å². The van der Waals surface area contributed by atoms with Gasteiger partial charge in [0.15, 0.2) is 0 Å². The summed E-state index contributed by atoms with van der Waals surface area (Å²) in [6.45, 7) is 1.63. The van der Waals surface area contributed by atoms with Crippen molar-refractivity contribution in [3.8, 4) is 0 Å². The van der Waals surface area contributed by atoms with Crippen LogP contribution < -0.4 is 29.6 Å². The number of carbonyl (C=O) groups excluding carboxylic acids is 1. The first-order chi connectivity index (χ1) is 14.3. The van der Waals surface area contributed by atoms with E-state index in [4.69, 9.17) is 5.11 Å². The maximum Gasteiger partial charge on any atom is 1.00 e. The zero-order chi connectivity index (χ0) is 21.5. The van der Waals surface area contributed by atoms with Crippen molar-refractivity contribution >= 4 is 12.0 Å². The number of carbonyl (C=O) groups is 2. The van der Waals surface area contributed by atoms with Crippen LogP contribution in [0.3, 0.4) is 0 Å². The Hall–Kier alpha value is -1.15. The number of rotatable bonds is 7. The van der Waals surface area contributed by atoms with Gasteiger partial charge in [-0.3, -0.25) is 9.69 Å². The molecule has 1 aromatic rings. The molecule has 31 heavy (non-hydrogen) atoms. The molecular weight excluding hydrogens is 408 g/mol. The van der Waals surface area contributed by atoms with E-state index in [-0.39, 0.29) is 66.9 Å². The number of benzene rings is 1. The standard InChI is InChI=1S/C23H32FN3O3.Na.H/c1-25(2)23(18-4-3-5-19(24)14-18)11-9-22(10-12-23)16-26(13-8-20(28)29)21(30)27(22)15-17-6-7-17;;/h3-5,14,17H,6-13,15-16H2,1-2H3,(H,28,29);;/q;+1;-1. The fourth-order valence-electron chi connectivity index (χ4n) is 5.45. The molecule has 0 radical (unpaired) electrons. The molecule has 3 aliphatic rings. The molecule has 1 N–H and O–H groups in total. The first-order valence-corrected chi connectivity index (χ1v) is 11.0. The van der Waals surface area contributed by atoms with E-state index in [0.717, 1.165) is 37.8 Å². The Labute approximate surface area is 207 Å². The minimum atomic E-state index is -0.876. The number of amides is 2. The van der Waals surface area contributed by atoms with Gasteiger partial charge in [-0.25, -0.2) is 9.18 Å². The normalized spacial score (nSPS) is 28.3. The molecule has 0 aromatic heterocycles. The van der Waals surface area contributed by atoms with E-state index in [1.807, 2.05) is 20.2 Å². The summed E-state index contributed by atoms with van der Waals surface area (Å²) < 4.78 is 14.0. The first kappa shape index (κ1) is 24.5. The van der Waals surface area contributed by atoms with E-state index in [2.05, 4.69) is 9.80 Å². The third-order valence-corrected chi connectivity index (χ3v) is 7.52. The van der Waals surface area contributed by atoms with Crippen molar-refractivity contribution in [1.82, 2.24) is 14.7 Å². The molecule has 1 aromatic carbocycles. The van der Waals surface area contributed by atoms with Gasteiger partial charge in [-0.15, -0.1) is 0 Å². The van der Waals surface area contributed by atoms with Crippen molar-refractivity contribution < 1.29 is 50.1 Å². The number of urea groups is 1. The van der Waals surface area contributed by atoms with Crippen molar-refractivity contribution in [2.45, 2.75) is 56.0 Å². The number of hydrogen-bond acceptors (Lipinski definition) is 3. The van der Waals surface area contributed by atoms with Crippen molar-refractivity contribution in [2.24, 2.45) is 5.92 Å². The molecule has 3 fully saturated rings. The minimum absolute atomic E-state index is 0. The van der Waals surface area contributed by atoms with Crippen LogP contribution in [-0.2, 0) is 10.3 Å². The second-order valence-electron chi connectivity index (χ2n) is 9.56. The molecule has 166 valence electrons. The molecule has 1 saturated heterocycles. The topological polar surface area (TPSA) is 64.1 Å². The Morgan fingerprint density at radius 3 is 2.48 bits per heavy atom. The molecule has 1 heterocycles. The SMILES string of the molecule is CN(C)C1(c2cccc(F)c2)CCC2(CC1)CN(CCC(=O)O)C(=O)N2CC1CC1.[H-].[Na+]. The van der Waals surface area contributed by atoms with Crippen molar-refractivity contribution in [1.29, 1.82) is 0 Å². The van der Waals surface area contributed by atoms with Gasteiger partial charge >= 0.3 is 41.6 Å². The summed E-state index contributed by atoms with van der Waals surface area (Å²) in [7, 11) is 4.09. The van der Waals surface area contributed by atoms with Gasteiger partial charge in [-0.1, -0.05) is 12.1 Å². The molecule has 6 nitrogen and oxygen atoms in total. The van der Waals surface area contributed by atoms with Gasteiger partial charge in [0, 0.05) is 25.2 Å². The number of hydrogen-bond donors (Lipinski definition) is 1. The Morgan fingerprint density at radius 2 is 1.94 bits per heavy atom. The zero-order valence-corrected chi connectivity index (χ0v) is 20.9. The molecule has 0 atom stereocenters. The van der Waals surface area contributed by atoms with Crippen molar-refractivity contribution in [2.75, 3.05) is 33.7 Å². The Morgan fingerprint density at radius 1 is 1.26 bits per heavy atom. The van der Waals surface area contributed by atoms with E-state index in [1.165, 1.54) is 18.9 Å². The third-order valence-electron chi connectivity index (χ3n) is 7.52. The molecule has 2 aliphatic carbocycles. The van der Waals surface area contributed by atoms with Crippen LogP contribution in [0.5, 0.6) is 0 Å². The number of carboxylic acid groups (broad SMARTS) is 1. The van der Waals surface area contributed by atoms with Crippen LogP contribution >= 0.6 is 0 Å². The maximum absolute atomic E-state index is 14.0. The third kappa shape index (κ3) is 4.80. The molecule has 0 unspecified atom stereocenters.